The van der Waals surface area contributed by atoms with Crippen molar-refractivity contribution < 1.29 is 9.18 Å². The lowest BCUT2D eigenvalue weighted by Crippen LogP contribution is -2.51. The van der Waals surface area contributed by atoms with Crippen molar-refractivity contribution in [2.75, 3.05) is 5.32 Å². The Labute approximate surface area is 179 Å². The van der Waals surface area contributed by atoms with Gasteiger partial charge in [-0.05, 0) is 50.8 Å². The molecule has 1 amide bonds. The maximum Gasteiger partial charge on any atom is 0.255 e. The van der Waals surface area contributed by atoms with Gasteiger partial charge in [-0.25, -0.2) is 19.3 Å². The fourth-order valence-corrected chi connectivity index (χ4v) is 4.93. The zero-order valence-electron chi connectivity index (χ0n) is 17.4. The highest BCUT2D eigenvalue weighted by molar-refractivity contribution is 6.01. The Bertz CT molecular complexity index is 1110. The van der Waals surface area contributed by atoms with Crippen LogP contribution in [0.2, 0.25) is 0 Å². The van der Waals surface area contributed by atoms with E-state index < -0.39 is 5.82 Å². The maximum absolute atomic E-state index is 14.8. The van der Waals surface area contributed by atoms with E-state index in [9.17, 15) is 9.18 Å². The van der Waals surface area contributed by atoms with Crippen LogP contribution < -0.4 is 5.32 Å². The molecule has 8 heteroatoms. The molecule has 1 saturated carbocycles. The minimum absolute atomic E-state index is 0.00316. The summed E-state index contributed by atoms with van der Waals surface area (Å²) in [5.74, 6) is 0.606. The van der Waals surface area contributed by atoms with E-state index in [1.807, 2.05) is 11.8 Å². The number of anilines is 1. The first-order valence-corrected chi connectivity index (χ1v) is 10.5. The quantitative estimate of drug-likeness (QED) is 0.698. The fourth-order valence-electron chi connectivity index (χ4n) is 4.93. The van der Waals surface area contributed by atoms with Gasteiger partial charge >= 0.3 is 0 Å². The highest BCUT2D eigenvalue weighted by Gasteiger charge is 2.51. The molecule has 3 heterocycles. The van der Waals surface area contributed by atoms with Gasteiger partial charge < -0.3 is 10.2 Å². The van der Waals surface area contributed by atoms with E-state index in [2.05, 4.69) is 32.2 Å². The van der Waals surface area contributed by atoms with E-state index in [0.717, 1.165) is 18.5 Å². The molecule has 2 aromatic heterocycles. The summed E-state index contributed by atoms with van der Waals surface area (Å²) in [5.41, 5.74) is 1.29. The normalized spacial score (nSPS) is 24.4. The van der Waals surface area contributed by atoms with Crippen molar-refractivity contribution in [1.29, 1.82) is 0 Å². The molecule has 1 aliphatic heterocycles. The van der Waals surface area contributed by atoms with E-state index in [1.165, 1.54) is 6.07 Å². The smallest absolute Gasteiger partial charge is 0.255 e. The molecule has 2 fully saturated rings. The summed E-state index contributed by atoms with van der Waals surface area (Å²) in [4.78, 5) is 32.6. The van der Waals surface area contributed by atoms with Gasteiger partial charge in [-0.15, -0.1) is 0 Å². The van der Waals surface area contributed by atoms with Gasteiger partial charge in [-0.1, -0.05) is 6.07 Å². The lowest BCUT2D eigenvalue weighted by Gasteiger charge is -2.38. The second kappa shape index (κ2) is 7.68. The van der Waals surface area contributed by atoms with Crippen molar-refractivity contribution in [3.63, 3.8) is 0 Å². The van der Waals surface area contributed by atoms with Crippen LogP contribution >= 0.6 is 0 Å². The Kier molecular flexibility index (Phi) is 4.84. The zero-order chi connectivity index (χ0) is 21.5. The predicted octanol–water partition coefficient (Wildman–Crippen LogP) is 3.48. The van der Waals surface area contributed by atoms with Crippen LogP contribution in [0.5, 0.6) is 0 Å². The largest absolute Gasteiger partial charge is 0.364 e. The number of likely N-dealkylation sites (tertiary alicyclic amines) is 1. The fraction of sp³-hybridized carbons (Fsp3) is 0.348. The number of nitrogens with one attached hydrogen (secondary N) is 1. The number of nitrogens with zero attached hydrogens (tertiary/aromatic N) is 5. The Morgan fingerprint density at radius 2 is 1.90 bits per heavy atom. The number of amides is 1. The van der Waals surface area contributed by atoms with Crippen LogP contribution in [0.15, 0.2) is 49.1 Å². The highest BCUT2D eigenvalue weighted by Crippen LogP contribution is 2.44. The number of hydrogen-bond acceptors (Lipinski definition) is 6. The topological polar surface area (TPSA) is 83.9 Å². The molecule has 1 N–H and O–H groups in total. The standard InChI is InChI=1S/C23H23FN6O/c1-13-11-28-20(12-27-13)29-18-9-15-10-19(18)30(14(15)2)23(31)16-5-3-6-17(24)21(16)22-25-7-4-8-26-22/h3-8,11-12,14-15,18-19H,9-10H2,1-2H3,(H,28,29). The number of halogens is 1. The van der Waals surface area contributed by atoms with Gasteiger partial charge in [-0.3, -0.25) is 9.78 Å². The van der Waals surface area contributed by atoms with Crippen LogP contribution in [0.4, 0.5) is 10.2 Å². The van der Waals surface area contributed by atoms with Crippen LogP contribution in [0.25, 0.3) is 11.4 Å². The van der Waals surface area contributed by atoms with E-state index in [4.69, 9.17) is 0 Å². The molecule has 4 atom stereocenters. The van der Waals surface area contributed by atoms with Crippen LogP contribution in [-0.2, 0) is 0 Å². The molecule has 158 valence electrons. The Hall–Kier alpha value is -3.42. The molecule has 0 radical (unpaired) electrons. The van der Waals surface area contributed by atoms with Crippen LogP contribution in [0, 0.1) is 18.7 Å². The molecule has 1 saturated heterocycles. The number of rotatable bonds is 4. The first-order chi connectivity index (χ1) is 15.0. The molecule has 4 unspecified atom stereocenters. The van der Waals surface area contributed by atoms with Gasteiger partial charge in [-0.2, -0.15) is 0 Å². The molecule has 5 rings (SSSR count). The SMILES string of the molecule is Cc1cnc(NC2CC3CC2N(C(=O)c2cccc(F)c2-c2ncccn2)C3C)cn1. The highest BCUT2D eigenvalue weighted by atomic mass is 19.1. The first-order valence-electron chi connectivity index (χ1n) is 10.5. The predicted molar refractivity (Wildman–Crippen MR) is 114 cm³/mol. The van der Waals surface area contributed by atoms with E-state index in [0.29, 0.717) is 17.3 Å². The number of piperidine rings is 1. The van der Waals surface area contributed by atoms with E-state index in [1.54, 1.807) is 43.0 Å². The van der Waals surface area contributed by atoms with Gasteiger partial charge in [0.2, 0.25) is 0 Å². The van der Waals surface area contributed by atoms with Crippen LogP contribution in [0.3, 0.4) is 0 Å². The number of aromatic nitrogens is 4. The average Bonchev–Trinajstić information content (AvgIpc) is 3.33. The summed E-state index contributed by atoms with van der Waals surface area (Å²) >= 11 is 0. The van der Waals surface area contributed by atoms with Gasteiger partial charge in [0, 0.05) is 24.5 Å². The van der Waals surface area contributed by atoms with Crippen molar-refractivity contribution in [3.05, 3.63) is 66.1 Å². The lowest BCUT2D eigenvalue weighted by molar-refractivity contribution is 0.0598. The summed E-state index contributed by atoms with van der Waals surface area (Å²) in [6.07, 6.45) is 8.41. The molecular weight excluding hydrogens is 395 g/mol. The molecule has 1 aromatic carbocycles. The molecule has 31 heavy (non-hydrogen) atoms. The molecule has 2 aliphatic rings. The van der Waals surface area contributed by atoms with Gasteiger partial charge in [0.15, 0.2) is 5.82 Å². The monoisotopic (exact) mass is 418 g/mol. The third kappa shape index (κ3) is 3.41. The number of benzene rings is 1. The minimum atomic E-state index is -0.501. The molecule has 2 bridgehead atoms. The number of carbonyl (C=O) groups excluding carboxylic acids is 1. The third-order valence-electron chi connectivity index (χ3n) is 6.43. The molecule has 3 aromatic rings. The lowest BCUT2D eigenvalue weighted by atomic mass is 9.96. The van der Waals surface area contributed by atoms with E-state index >= 15 is 0 Å². The van der Waals surface area contributed by atoms with Crippen molar-refractivity contribution in [3.8, 4) is 11.4 Å². The van der Waals surface area contributed by atoms with Crippen molar-refractivity contribution >= 4 is 11.7 Å². The molecule has 0 spiro atoms. The first kappa shape index (κ1) is 19.5. The van der Waals surface area contributed by atoms with Crippen molar-refractivity contribution in [1.82, 2.24) is 24.8 Å². The van der Waals surface area contributed by atoms with Gasteiger partial charge in [0.25, 0.3) is 5.91 Å². The van der Waals surface area contributed by atoms with Crippen LogP contribution in [-0.4, -0.2) is 48.9 Å². The van der Waals surface area contributed by atoms with Gasteiger partial charge in [0.05, 0.1) is 35.3 Å². The van der Waals surface area contributed by atoms with E-state index in [-0.39, 0.29) is 35.4 Å². The zero-order valence-corrected chi connectivity index (χ0v) is 17.4. The van der Waals surface area contributed by atoms with Crippen molar-refractivity contribution in [2.45, 2.75) is 44.8 Å². The molecular formula is C23H23FN6O. The number of aryl methyl sites for hydroxylation is 1. The third-order valence-corrected chi connectivity index (χ3v) is 6.43. The maximum atomic E-state index is 14.8. The summed E-state index contributed by atoms with van der Waals surface area (Å²) in [6, 6.07) is 6.37. The minimum Gasteiger partial charge on any atom is -0.364 e. The molecule has 1 aliphatic carbocycles. The summed E-state index contributed by atoms with van der Waals surface area (Å²) in [5, 5.41) is 3.45. The second-order valence-electron chi connectivity index (χ2n) is 8.28. The Morgan fingerprint density at radius 1 is 1.10 bits per heavy atom. The van der Waals surface area contributed by atoms with Crippen molar-refractivity contribution in [2.24, 2.45) is 5.92 Å². The molecule has 7 nitrogen and oxygen atoms in total. The number of fused-ring (bicyclic) bond motifs is 2. The Morgan fingerprint density at radius 3 is 2.61 bits per heavy atom. The number of carbonyl (C=O) groups is 1. The number of hydrogen-bond donors (Lipinski definition) is 1. The second-order valence-corrected chi connectivity index (χ2v) is 8.28. The Balaban J connectivity index is 1.46. The van der Waals surface area contributed by atoms with Crippen LogP contribution in [0.1, 0.15) is 35.8 Å². The summed E-state index contributed by atoms with van der Waals surface area (Å²) in [7, 11) is 0. The summed E-state index contributed by atoms with van der Waals surface area (Å²) < 4.78 is 14.8. The summed E-state index contributed by atoms with van der Waals surface area (Å²) in [6.45, 7) is 3.96. The average molecular weight is 418 g/mol. The van der Waals surface area contributed by atoms with Gasteiger partial charge in [0.1, 0.15) is 11.6 Å².